The monoisotopic (exact) mass is 271 g/mol. The number of aryl methyl sites for hydroxylation is 1. The summed E-state index contributed by atoms with van der Waals surface area (Å²) in [4.78, 5) is 16.6. The van der Waals surface area contributed by atoms with Crippen molar-refractivity contribution in [3.8, 4) is 0 Å². The Bertz CT molecular complexity index is 679. The summed E-state index contributed by atoms with van der Waals surface area (Å²) in [7, 11) is 0. The zero-order valence-corrected chi connectivity index (χ0v) is 11.3. The molecule has 3 atom stereocenters. The molecule has 0 radical (unpaired) electrons. The molecule has 1 aliphatic heterocycles. The van der Waals surface area contributed by atoms with Crippen LogP contribution in [0.1, 0.15) is 29.1 Å². The van der Waals surface area contributed by atoms with Crippen molar-refractivity contribution < 1.29 is 9.21 Å². The van der Waals surface area contributed by atoms with Gasteiger partial charge in [0.15, 0.2) is 11.3 Å². The van der Waals surface area contributed by atoms with Crippen molar-refractivity contribution in [2.24, 2.45) is 5.92 Å². The number of nitrogens with one attached hydrogen (secondary N) is 2. The molecule has 2 aromatic rings. The second-order valence-corrected chi connectivity index (χ2v) is 5.87. The molecular formula is C15H17N3O2. The molecule has 4 rings (SSSR count). The first-order valence-electron chi connectivity index (χ1n) is 7.10. The molecule has 0 aromatic carbocycles. The smallest absolute Gasteiger partial charge is 0.274 e. The minimum absolute atomic E-state index is 0.135. The number of hydrogen-bond donors (Lipinski definition) is 2. The molecule has 2 fully saturated rings. The van der Waals surface area contributed by atoms with E-state index in [1.165, 1.54) is 6.42 Å². The van der Waals surface area contributed by atoms with Crippen molar-refractivity contribution in [2.45, 2.75) is 31.8 Å². The summed E-state index contributed by atoms with van der Waals surface area (Å²) in [5, 5.41) is 7.47. The third-order valence-electron chi connectivity index (χ3n) is 4.42. The summed E-state index contributed by atoms with van der Waals surface area (Å²) in [6.45, 7) is 2.96. The van der Waals surface area contributed by atoms with E-state index in [9.17, 15) is 4.79 Å². The molecule has 2 bridgehead atoms. The third-order valence-corrected chi connectivity index (χ3v) is 4.42. The number of carbonyl (C=O) groups is 1. The molecule has 2 N–H and O–H groups in total. The Kier molecular flexibility index (Phi) is 2.57. The second-order valence-electron chi connectivity index (χ2n) is 5.87. The highest BCUT2D eigenvalue weighted by Gasteiger charge is 2.40. The van der Waals surface area contributed by atoms with E-state index in [1.54, 1.807) is 6.20 Å². The van der Waals surface area contributed by atoms with Gasteiger partial charge >= 0.3 is 0 Å². The van der Waals surface area contributed by atoms with E-state index in [1.807, 2.05) is 19.1 Å². The van der Waals surface area contributed by atoms with E-state index in [2.05, 4.69) is 15.6 Å². The van der Waals surface area contributed by atoms with Crippen LogP contribution in [0, 0.1) is 12.8 Å². The lowest BCUT2D eigenvalue weighted by molar-refractivity contribution is 0.0924. The van der Waals surface area contributed by atoms with E-state index in [4.69, 9.17) is 4.42 Å². The molecule has 2 aromatic heterocycles. The number of amides is 1. The molecule has 1 aliphatic carbocycles. The summed E-state index contributed by atoms with van der Waals surface area (Å²) in [6, 6.07) is 4.42. The van der Waals surface area contributed by atoms with Crippen LogP contribution in [0.4, 0.5) is 0 Å². The lowest BCUT2D eigenvalue weighted by atomic mass is 10.1. The Labute approximate surface area is 116 Å². The molecule has 3 unspecified atom stereocenters. The normalized spacial score (nSPS) is 28.1. The Morgan fingerprint density at radius 2 is 2.40 bits per heavy atom. The van der Waals surface area contributed by atoms with Gasteiger partial charge in [-0.15, -0.1) is 0 Å². The fourth-order valence-corrected chi connectivity index (χ4v) is 3.50. The number of nitrogens with zero attached hydrogens (tertiary/aromatic N) is 1. The van der Waals surface area contributed by atoms with Crippen molar-refractivity contribution in [1.82, 2.24) is 15.6 Å². The Balaban J connectivity index is 1.61. The molecule has 3 heterocycles. The van der Waals surface area contributed by atoms with Gasteiger partial charge in [0.25, 0.3) is 5.91 Å². The highest BCUT2D eigenvalue weighted by atomic mass is 16.3. The van der Waals surface area contributed by atoms with Gasteiger partial charge in [-0.2, -0.15) is 0 Å². The quantitative estimate of drug-likeness (QED) is 0.871. The maximum Gasteiger partial charge on any atom is 0.274 e. The first-order valence-corrected chi connectivity index (χ1v) is 7.10. The van der Waals surface area contributed by atoms with Gasteiger partial charge < -0.3 is 15.1 Å². The highest BCUT2D eigenvalue weighted by Crippen LogP contribution is 2.31. The molecule has 104 valence electrons. The van der Waals surface area contributed by atoms with E-state index >= 15 is 0 Å². The average Bonchev–Trinajstić information content (AvgIpc) is 3.10. The fraction of sp³-hybridized carbons (Fsp3) is 0.467. The minimum Gasteiger partial charge on any atom is -0.459 e. The Morgan fingerprint density at radius 3 is 3.15 bits per heavy atom. The number of furan rings is 1. The van der Waals surface area contributed by atoms with Crippen LogP contribution >= 0.6 is 0 Å². The summed E-state index contributed by atoms with van der Waals surface area (Å²) in [5.41, 5.74) is 0.969. The van der Waals surface area contributed by atoms with E-state index in [0.717, 1.165) is 24.1 Å². The van der Waals surface area contributed by atoms with Crippen LogP contribution in [0.3, 0.4) is 0 Å². The van der Waals surface area contributed by atoms with Crippen molar-refractivity contribution in [1.29, 1.82) is 0 Å². The van der Waals surface area contributed by atoms with Gasteiger partial charge in [-0.1, -0.05) is 0 Å². The van der Waals surface area contributed by atoms with E-state index in [-0.39, 0.29) is 11.9 Å². The van der Waals surface area contributed by atoms with Crippen LogP contribution in [-0.2, 0) is 0 Å². The number of fused-ring (bicyclic) bond motifs is 3. The molecule has 1 amide bonds. The molecule has 5 heteroatoms. The van der Waals surface area contributed by atoms with Gasteiger partial charge in [0.2, 0.25) is 0 Å². The Hall–Kier alpha value is -1.88. The molecule has 1 saturated heterocycles. The predicted octanol–water partition coefficient (Wildman–Crippen LogP) is 1.62. The van der Waals surface area contributed by atoms with Crippen LogP contribution in [0.2, 0.25) is 0 Å². The first kappa shape index (κ1) is 11.9. The van der Waals surface area contributed by atoms with Gasteiger partial charge in [0, 0.05) is 23.7 Å². The van der Waals surface area contributed by atoms with Crippen molar-refractivity contribution in [3.63, 3.8) is 0 Å². The van der Waals surface area contributed by atoms with Crippen LogP contribution in [0.15, 0.2) is 22.7 Å². The van der Waals surface area contributed by atoms with E-state index < -0.39 is 0 Å². The van der Waals surface area contributed by atoms with Gasteiger partial charge in [0.1, 0.15) is 5.76 Å². The van der Waals surface area contributed by atoms with Crippen molar-refractivity contribution in [2.75, 3.05) is 6.54 Å². The largest absolute Gasteiger partial charge is 0.459 e. The molecular weight excluding hydrogens is 254 g/mol. The zero-order chi connectivity index (χ0) is 13.7. The molecule has 2 aliphatic rings. The minimum atomic E-state index is -0.135. The van der Waals surface area contributed by atoms with Crippen LogP contribution in [-0.4, -0.2) is 29.5 Å². The first-order chi connectivity index (χ1) is 9.70. The number of rotatable bonds is 2. The maximum atomic E-state index is 12.4. The van der Waals surface area contributed by atoms with Gasteiger partial charge in [-0.3, -0.25) is 4.79 Å². The second kappa shape index (κ2) is 4.31. The van der Waals surface area contributed by atoms with Crippen molar-refractivity contribution >= 4 is 16.9 Å². The van der Waals surface area contributed by atoms with Gasteiger partial charge in [0.05, 0.1) is 0 Å². The maximum absolute atomic E-state index is 12.4. The fourth-order valence-electron chi connectivity index (χ4n) is 3.50. The topological polar surface area (TPSA) is 67.2 Å². The summed E-state index contributed by atoms with van der Waals surface area (Å²) in [5.74, 6) is 1.37. The van der Waals surface area contributed by atoms with Crippen LogP contribution in [0.25, 0.3) is 11.0 Å². The lowest BCUT2D eigenvalue weighted by Crippen LogP contribution is -2.48. The number of piperidine rings is 1. The SMILES string of the molecule is Cc1cc2ccnc(C(=O)NC3CC4CNC3C4)c2o1. The summed E-state index contributed by atoms with van der Waals surface area (Å²) in [6.07, 6.45) is 3.89. The standard InChI is InChI=1S/C15H17N3O2/c1-8-4-10-2-3-16-13(14(10)20-8)15(19)18-12-6-9-5-11(12)17-7-9/h2-4,9,11-12,17H,5-7H2,1H3,(H,18,19). The molecule has 5 nitrogen and oxygen atoms in total. The van der Waals surface area contributed by atoms with Gasteiger partial charge in [-0.25, -0.2) is 4.98 Å². The zero-order valence-electron chi connectivity index (χ0n) is 11.3. The number of pyridine rings is 1. The van der Waals surface area contributed by atoms with Crippen molar-refractivity contribution in [3.05, 3.63) is 29.8 Å². The number of aromatic nitrogens is 1. The number of carbonyl (C=O) groups excluding carboxylic acids is 1. The lowest BCUT2D eigenvalue weighted by Gasteiger charge is -2.23. The van der Waals surface area contributed by atoms with Crippen LogP contribution in [0.5, 0.6) is 0 Å². The predicted molar refractivity (Wildman–Crippen MR) is 74.5 cm³/mol. The third kappa shape index (κ3) is 1.81. The average molecular weight is 271 g/mol. The number of hydrogen-bond acceptors (Lipinski definition) is 4. The van der Waals surface area contributed by atoms with Gasteiger partial charge in [-0.05, 0) is 44.4 Å². The highest BCUT2D eigenvalue weighted by molar-refractivity contribution is 6.03. The summed E-state index contributed by atoms with van der Waals surface area (Å²) >= 11 is 0. The van der Waals surface area contributed by atoms with Crippen LogP contribution < -0.4 is 10.6 Å². The Morgan fingerprint density at radius 1 is 1.50 bits per heavy atom. The summed E-state index contributed by atoms with van der Waals surface area (Å²) < 4.78 is 5.61. The van der Waals surface area contributed by atoms with E-state index in [0.29, 0.717) is 23.2 Å². The molecule has 20 heavy (non-hydrogen) atoms. The molecule has 0 spiro atoms. The molecule has 1 saturated carbocycles.